The van der Waals surface area contributed by atoms with E-state index in [0.29, 0.717) is 5.56 Å². The SMILES string of the molecule is O=C1OOC1c1ccc([O-])cc1. The molecular formula is C8H5O4-. The lowest BCUT2D eigenvalue weighted by Gasteiger charge is -2.22. The molecule has 62 valence electrons. The maximum absolute atomic E-state index is 10.7. The zero-order valence-electron chi connectivity index (χ0n) is 6.02. The Morgan fingerprint density at radius 2 is 1.92 bits per heavy atom. The zero-order valence-corrected chi connectivity index (χ0v) is 6.02. The average Bonchev–Trinajstić information content (AvgIpc) is 2.06. The van der Waals surface area contributed by atoms with Crippen molar-refractivity contribution in [3.05, 3.63) is 29.8 Å². The van der Waals surface area contributed by atoms with E-state index in [1.807, 2.05) is 0 Å². The van der Waals surface area contributed by atoms with Crippen molar-refractivity contribution in [2.75, 3.05) is 0 Å². The van der Waals surface area contributed by atoms with Crippen molar-refractivity contribution >= 4 is 5.97 Å². The molecule has 12 heavy (non-hydrogen) atoms. The minimum atomic E-state index is -0.648. The number of carbonyl (C=O) groups is 1. The van der Waals surface area contributed by atoms with Crippen LogP contribution in [0.5, 0.6) is 5.75 Å². The summed E-state index contributed by atoms with van der Waals surface area (Å²) in [5.74, 6) is -0.514. The molecule has 1 saturated heterocycles. The van der Waals surface area contributed by atoms with Gasteiger partial charge in [0.1, 0.15) is 0 Å². The molecule has 1 unspecified atom stereocenters. The minimum absolute atomic E-state index is 0.0913. The molecule has 0 spiro atoms. The quantitative estimate of drug-likeness (QED) is 0.561. The van der Waals surface area contributed by atoms with E-state index in [2.05, 4.69) is 9.78 Å². The van der Waals surface area contributed by atoms with Gasteiger partial charge in [-0.25, -0.2) is 4.79 Å². The Hall–Kier alpha value is -1.55. The van der Waals surface area contributed by atoms with Gasteiger partial charge >= 0.3 is 5.97 Å². The largest absolute Gasteiger partial charge is 0.872 e. The van der Waals surface area contributed by atoms with E-state index in [1.165, 1.54) is 12.1 Å². The standard InChI is InChI=1S/C8H6O4/c9-6-3-1-5(2-4-6)7-8(10)12-11-7/h1-4,7,9H/p-1. The minimum Gasteiger partial charge on any atom is -0.872 e. The zero-order chi connectivity index (χ0) is 8.55. The molecule has 4 heteroatoms. The van der Waals surface area contributed by atoms with E-state index in [0.717, 1.165) is 0 Å². The van der Waals surface area contributed by atoms with Crippen LogP contribution in [0.25, 0.3) is 0 Å². The number of hydrogen-bond acceptors (Lipinski definition) is 4. The van der Waals surface area contributed by atoms with Crippen LogP contribution in [0.4, 0.5) is 0 Å². The smallest absolute Gasteiger partial charge is 0.379 e. The van der Waals surface area contributed by atoms with Crippen LogP contribution in [-0.4, -0.2) is 5.97 Å². The van der Waals surface area contributed by atoms with Gasteiger partial charge in [-0.2, -0.15) is 4.89 Å². The van der Waals surface area contributed by atoms with Gasteiger partial charge in [0.25, 0.3) is 0 Å². The van der Waals surface area contributed by atoms with Crippen molar-refractivity contribution in [2.45, 2.75) is 6.10 Å². The average molecular weight is 165 g/mol. The molecule has 0 bridgehead atoms. The summed E-state index contributed by atoms with van der Waals surface area (Å²) >= 11 is 0. The molecule has 4 nitrogen and oxygen atoms in total. The highest BCUT2D eigenvalue weighted by molar-refractivity contribution is 5.78. The van der Waals surface area contributed by atoms with Crippen LogP contribution in [-0.2, 0) is 14.6 Å². The summed E-state index contributed by atoms with van der Waals surface area (Å²) in [5.41, 5.74) is 0.644. The number of rotatable bonds is 1. The van der Waals surface area contributed by atoms with Crippen molar-refractivity contribution < 1.29 is 19.7 Å². The van der Waals surface area contributed by atoms with E-state index in [9.17, 15) is 9.90 Å². The number of benzene rings is 1. The lowest BCUT2D eigenvalue weighted by atomic mass is 10.1. The molecule has 0 radical (unpaired) electrons. The van der Waals surface area contributed by atoms with Gasteiger partial charge in [0.05, 0.1) is 0 Å². The molecule has 1 heterocycles. The highest BCUT2D eigenvalue weighted by Crippen LogP contribution is 2.27. The fourth-order valence-corrected chi connectivity index (χ4v) is 0.970. The topological polar surface area (TPSA) is 58.6 Å². The fourth-order valence-electron chi connectivity index (χ4n) is 0.970. The van der Waals surface area contributed by atoms with Crippen LogP contribution in [0, 0.1) is 0 Å². The fraction of sp³-hybridized carbons (Fsp3) is 0.125. The van der Waals surface area contributed by atoms with E-state index >= 15 is 0 Å². The van der Waals surface area contributed by atoms with Crippen LogP contribution in [0.1, 0.15) is 11.7 Å². The van der Waals surface area contributed by atoms with Gasteiger partial charge in [-0.1, -0.05) is 24.3 Å². The third-order valence-electron chi connectivity index (χ3n) is 1.62. The lowest BCUT2D eigenvalue weighted by molar-refractivity contribution is -0.365. The summed E-state index contributed by atoms with van der Waals surface area (Å²) in [4.78, 5) is 19.3. The van der Waals surface area contributed by atoms with Crippen LogP contribution in [0.2, 0.25) is 0 Å². The molecule has 1 atom stereocenters. The highest BCUT2D eigenvalue weighted by atomic mass is 17.3. The second-order valence-corrected chi connectivity index (χ2v) is 2.45. The van der Waals surface area contributed by atoms with Gasteiger partial charge in [-0.15, -0.1) is 5.75 Å². The molecule has 1 fully saturated rings. The Balaban J connectivity index is 2.23. The number of hydrogen-bond donors (Lipinski definition) is 0. The van der Waals surface area contributed by atoms with Crippen LogP contribution in [0.3, 0.4) is 0 Å². The van der Waals surface area contributed by atoms with Gasteiger partial charge in [0, 0.05) is 0 Å². The van der Waals surface area contributed by atoms with Crippen molar-refractivity contribution in [2.24, 2.45) is 0 Å². The summed E-state index contributed by atoms with van der Waals surface area (Å²) in [6.45, 7) is 0. The Bertz CT molecular complexity index is 303. The molecular weight excluding hydrogens is 160 g/mol. The van der Waals surface area contributed by atoms with Crippen molar-refractivity contribution in [3.63, 3.8) is 0 Å². The molecule has 0 saturated carbocycles. The van der Waals surface area contributed by atoms with Gasteiger partial charge in [0.15, 0.2) is 0 Å². The first-order valence-corrected chi connectivity index (χ1v) is 3.41. The normalized spacial score (nSPS) is 21.3. The van der Waals surface area contributed by atoms with Crippen molar-refractivity contribution in [3.8, 4) is 5.75 Å². The first kappa shape index (κ1) is 7.12. The van der Waals surface area contributed by atoms with Crippen molar-refractivity contribution in [1.29, 1.82) is 0 Å². The Labute approximate surface area is 68.3 Å². The molecule has 2 rings (SSSR count). The van der Waals surface area contributed by atoms with Crippen LogP contribution >= 0.6 is 0 Å². The molecule has 1 aliphatic rings. The summed E-state index contributed by atoms with van der Waals surface area (Å²) in [5, 5.41) is 10.7. The molecule has 0 N–H and O–H groups in total. The maximum Gasteiger partial charge on any atom is 0.379 e. The van der Waals surface area contributed by atoms with E-state index in [-0.39, 0.29) is 5.75 Å². The predicted octanol–water partition coefficient (Wildman–Crippen LogP) is 0.290. The molecule has 0 aliphatic carbocycles. The first-order valence-electron chi connectivity index (χ1n) is 3.41. The third-order valence-corrected chi connectivity index (χ3v) is 1.62. The molecule has 1 aliphatic heterocycles. The van der Waals surface area contributed by atoms with Crippen LogP contribution in [0.15, 0.2) is 24.3 Å². The maximum atomic E-state index is 10.7. The predicted molar refractivity (Wildman–Crippen MR) is 35.8 cm³/mol. The summed E-state index contributed by atoms with van der Waals surface area (Å²) in [7, 11) is 0. The Morgan fingerprint density at radius 1 is 1.25 bits per heavy atom. The Morgan fingerprint density at radius 3 is 2.33 bits per heavy atom. The summed E-state index contributed by atoms with van der Waals surface area (Å²) in [6, 6.07) is 5.86. The second kappa shape index (κ2) is 2.49. The van der Waals surface area contributed by atoms with E-state index in [4.69, 9.17) is 0 Å². The molecule has 1 aromatic carbocycles. The van der Waals surface area contributed by atoms with Gasteiger partial charge < -0.3 is 5.11 Å². The first-order chi connectivity index (χ1) is 5.77. The molecule has 0 amide bonds. The van der Waals surface area contributed by atoms with E-state index in [1.54, 1.807) is 12.1 Å². The third kappa shape index (κ3) is 1.02. The summed E-state index contributed by atoms with van der Waals surface area (Å²) in [6.07, 6.45) is -0.648. The Kier molecular flexibility index (Phi) is 1.48. The molecule has 1 aromatic rings. The van der Waals surface area contributed by atoms with Crippen LogP contribution < -0.4 is 5.11 Å². The summed E-state index contributed by atoms with van der Waals surface area (Å²) < 4.78 is 0. The van der Waals surface area contributed by atoms with Crippen molar-refractivity contribution in [1.82, 2.24) is 0 Å². The highest BCUT2D eigenvalue weighted by Gasteiger charge is 2.35. The van der Waals surface area contributed by atoms with Gasteiger partial charge in [0.2, 0.25) is 6.10 Å². The molecule has 0 aromatic heterocycles. The second-order valence-electron chi connectivity index (χ2n) is 2.45. The van der Waals surface area contributed by atoms with E-state index < -0.39 is 12.1 Å². The monoisotopic (exact) mass is 165 g/mol. The lowest BCUT2D eigenvalue weighted by Crippen LogP contribution is -2.29. The van der Waals surface area contributed by atoms with Gasteiger partial charge in [-0.3, -0.25) is 4.89 Å². The van der Waals surface area contributed by atoms with Gasteiger partial charge in [-0.05, 0) is 5.56 Å². The number of carbonyl (C=O) groups excluding carboxylic acids is 1.